The maximum atomic E-state index is 9.86. The third kappa shape index (κ3) is 2.95. The Morgan fingerprint density at radius 2 is 2.12 bits per heavy atom. The van der Waals surface area contributed by atoms with Gasteiger partial charge in [0.2, 0.25) is 0 Å². The Labute approximate surface area is 103 Å². The van der Waals surface area contributed by atoms with Gasteiger partial charge in [-0.05, 0) is 17.7 Å². The fourth-order valence-electron chi connectivity index (χ4n) is 1.59. The van der Waals surface area contributed by atoms with Crippen molar-refractivity contribution in [3.63, 3.8) is 0 Å². The molecule has 1 aromatic rings. The zero-order valence-electron chi connectivity index (χ0n) is 9.37. The van der Waals surface area contributed by atoms with E-state index in [1.807, 2.05) is 6.07 Å². The summed E-state index contributed by atoms with van der Waals surface area (Å²) >= 11 is 3.38. The molecule has 0 radical (unpaired) electrons. The summed E-state index contributed by atoms with van der Waals surface area (Å²) < 4.78 is 11.2. The van der Waals surface area contributed by atoms with E-state index in [2.05, 4.69) is 15.9 Å². The van der Waals surface area contributed by atoms with Crippen molar-refractivity contribution in [3.8, 4) is 5.75 Å². The van der Waals surface area contributed by atoms with E-state index in [9.17, 15) is 5.11 Å². The minimum atomic E-state index is -0.742. The number of ether oxygens (including phenoxy) is 2. The van der Waals surface area contributed by atoms with E-state index in [0.717, 1.165) is 10.0 Å². The second-order valence-corrected chi connectivity index (χ2v) is 4.28. The smallest absolute Gasteiger partial charge is 0.126 e. The Kier molecular flexibility index (Phi) is 5.21. The van der Waals surface area contributed by atoms with Crippen molar-refractivity contribution in [2.24, 2.45) is 5.73 Å². The van der Waals surface area contributed by atoms with Gasteiger partial charge in [0.25, 0.3) is 0 Å². The molecule has 0 amide bonds. The molecule has 1 aromatic carbocycles. The number of aliphatic hydroxyl groups is 1. The molecular formula is C11H16BrNO3. The minimum absolute atomic E-state index is 0.148. The average molecular weight is 290 g/mol. The number of hydrogen-bond acceptors (Lipinski definition) is 4. The van der Waals surface area contributed by atoms with Gasteiger partial charge >= 0.3 is 0 Å². The third-order valence-electron chi connectivity index (χ3n) is 2.27. The Morgan fingerprint density at radius 1 is 1.44 bits per heavy atom. The van der Waals surface area contributed by atoms with Crippen molar-refractivity contribution in [3.05, 3.63) is 27.7 Å². The van der Waals surface area contributed by atoms with Crippen molar-refractivity contribution in [2.75, 3.05) is 20.8 Å². The molecule has 3 N–H and O–H groups in total. The number of hydrogen-bond donors (Lipinski definition) is 2. The fraction of sp³-hybridized carbons (Fsp3) is 0.455. The predicted octanol–water partition coefficient (Wildman–Crippen LogP) is 1.60. The molecule has 4 nitrogen and oxygen atoms in total. The van der Waals surface area contributed by atoms with Crippen LogP contribution in [0.15, 0.2) is 16.6 Å². The first-order chi connectivity index (χ1) is 7.63. The molecule has 0 fully saturated rings. The maximum absolute atomic E-state index is 9.86. The predicted molar refractivity (Wildman–Crippen MR) is 65.4 cm³/mol. The SMILES string of the molecule is COCc1cc(Br)cc(OC)c1C(O)CN. The normalized spacial score (nSPS) is 12.6. The van der Waals surface area contributed by atoms with Gasteiger partial charge in [-0.15, -0.1) is 0 Å². The van der Waals surface area contributed by atoms with Crippen molar-refractivity contribution in [1.82, 2.24) is 0 Å². The van der Waals surface area contributed by atoms with Crippen LogP contribution in [0.2, 0.25) is 0 Å². The second kappa shape index (κ2) is 6.20. The Balaban J connectivity index is 3.26. The summed E-state index contributed by atoms with van der Waals surface area (Å²) in [6.45, 7) is 0.552. The van der Waals surface area contributed by atoms with Crippen LogP contribution in [0.3, 0.4) is 0 Å². The molecule has 0 aromatic heterocycles. The topological polar surface area (TPSA) is 64.7 Å². The number of aliphatic hydroxyl groups excluding tert-OH is 1. The summed E-state index contributed by atoms with van der Waals surface area (Å²) in [6, 6.07) is 3.69. The highest BCUT2D eigenvalue weighted by Crippen LogP contribution is 2.32. The fourth-order valence-corrected chi connectivity index (χ4v) is 2.07. The van der Waals surface area contributed by atoms with Gasteiger partial charge in [-0.25, -0.2) is 0 Å². The number of rotatable bonds is 5. The minimum Gasteiger partial charge on any atom is -0.496 e. The van der Waals surface area contributed by atoms with E-state index >= 15 is 0 Å². The molecule has 0 saturated heterocycles. The number of nitrogens with two attached hydrogens (primary N) is 1. The lowest BCUT2D eigenvalue weighted by atomic mass is 10.0. The van der Waals surface area contributed by atoms with Gasteiger partial charge in [-0.3, -0.25) is 0 Å². The van der Waals surface area contributed by atoms with E-state index in [1.165, 1.54) is 0 Å². The molecule has 0 spiro atoms. The number of methoxy groups -OCH3 is 2. The molecule has 5 heteroatoms. The van der Waals surface area contributed by atoms with Crippen molar-refractivity contribution in [1.29, 1.82) is 0 Å². The van der Waals surface area contributed by atoms with E-state index in [4.69, 9.17) is 15.2 Å². The van der Waals surface area contributed by atoms with E-state index in [-0.39, 0.29) is 6.54 Å². The highest BCUT2D eigenvalue weighted by molar-refractivity contribution is 9.10. The van der Waals surface area contributed by atoms with Gasteiger partial charge in [0.15, 0.2) is 0 Å². The van der Waals surface area contributed by atoms with Crippen LogP contribution in [0, 0.1) is 0 Å². The Hall–Kier alpha value is -0.620. The summed E-state index contributed by atoms with van der Waals surface area (Å²) in [5.41, 5.74) is 7.03. The van der Waals surface area contributed by atoms with Gasteiger partial charge in [-0.2, -0.15) is 0 Å². The van der Waals surface area contributed by atoms with Crippen molar-refractivity contribution < 1.29 is 14.6 Å². The van der Waals surface area contributed by atoms with E-state index in [1.54, 1.807) is 20.3 Å². The number of halogens is 1. The molecule has 0 aliphatic heterocycles. The number of benzene rings is 1. The van der Waals surface area contributed by atoms with Gasteiger partial charge in [0.1, 0.15) is 5.75 Å². The summed E-state index contributed by atoms with van der Waals surface area (Å²) in [7, 11) is 3.16. The molecule has 1 atom stereocenters. The van der Waals surface area contributed by atoms with E-state index < -0.39 is 6.10 Å². The summed E-state index contributed by atoms with van der Waals surface area (Å²) in [4.78, 5) is 0. The monoisotopic (exact) mass is 289 g/mol. The summed E-state index contributed by atoms with van der Waals surface area (Å²) in [5, 5.41) is 9.86. The van der Waals surface area contributed by atoms with Gasteiger partial charge in [0, 0.05) is 23.7 Å². The van der Waals surface area contributed by atoms with Gasteiger partial charge in [0.05, 0.1) is 19.8 Å². The van der Waals surface area contributed by atoms with Crippen LogP contribution in [0.4, 0.5) is 0 Å². The van der Waals surface area contributed by atoms with Crippen LogP contribution >= 0.6 is 15.9 Å². The van der Waals surface area contributed by atoms with Crippen LogP contribution in [0.5, 0.6) is 5.75 Å². The molecular weight excluding hydrogens is 274 g/mol. The summed E-state index contributed by atoms with van der Waals surface area (Å²) in [5.74, 6) is 0.611. The van der Waals surface area contributed by atoms with Crippen LogP contribution in [-0.4, -0.2) is 25.9 Å². The largest absolute Gasteiger partial charge is 0.496 e. The van der Waals surface area contributed by atoms with Gasteiger partial charge in [-0.1, -0.05) is 15.9 Å². The highest BCUT2D eigenvalue weighted by atomic mass is 79.9. The Bertz CT molecular complexity index is 357. The van der Waals surface area contributed by atoms with Crippen LogP contribution in [0.25, 0.3) is 0 Å². The second-order valence-electron chi connectivity index (χ2n) is 3.37. The lowest BCUT2D eigenvalue weighted by Gasteiger charge is -2.18. The highest BCUT2D eigenvalue weighted by Gasteiger charge is 2.17. The quantitative estimate of drug-likeness (QED) is 0.864. The average Bonchev–Trinajstić information content (AvgIpc) is 2.27. The molecule has 90 valence electrons. The maximum Gasteiger partial charge on any atom is 0.126 e. The molecule has 0 bridgehead atoms. The molecule has 0 saturated carbocycles. The molecule has 16 heavy (non-hydrogen) atoms. The summed E-state index contributed by atoms with van der Waals surface area (Å²) in [6.07, 6.45) is -0.742. The Morgan fingerprint density at radius 3 is 2.62 bits per heavy atom. The molecule has 0 heterocycles. The van der Waals surface area contributed by atoms with Crippen LogP contribution < -0.4 is 10.5 Å². The molecule has 1 unspecified atom stereocenters. The van der Waals surface area contributed by atoms with Gasteiger partial charge < -0.3 is 20.3 Å². The molecule has 0 aliphatic rings. The first kappa shape index (κ1) is 13.4. The standard InChI is InChI=1S/C11H16BrNO3/c1-15-6-7-3-8(12)4-10(16-2)11(7)9(14)5-13/h3-4,9,14H,5-6,13H2,1-2H3. The molecule has 1 rings (SSSR count). The first-order valence-electron chi connectivity index (χ1n) is 4.87. The zero-order chi connectivity index (χ0) is 12.1. The third-order valence-corrected chi connectivity index (χ3v) is 2.73. The van der Waals surface area contributed by atoms with Crippen LogP contribution in [0.1, 0.15) is 17.2 Å². The molecule has 0 aliphatic carbocycles. The zero-order valence-corrected chi connectivity index (χ0v) is 11.0. The lowest BCUT2D eigenvalue weighted by molar-refractivity contribution is 0.162. The van der Waals surface area contributed by atoms with Crippen molar-refractivity contribution >= 4 is 15.9 Å². The van der Waals surface area contributed by atoms with E-state index in [0.29, 0.717) is 17.9 Å². The van der Waals surface area contributed by atoms with Crippen LogP contribution in [-0.2, 0) is 11.3 Å². The first-order valence-corrected chi connectivity index (χ1v) is 5.66. The van der Waals surface area contributed by atoms with Crippen molar-refractivity contribution in [2.45, 2.75) is 12.7 Å². The lowest BCUT2D eigenvalue weighted by Crippen LogP contribution is -2.15.